The molecule has 1 aromatic rings. The smallest absolute Gasteiger partial charge is 0.125 e. The van der Waals surface area contributed by atoms with Gasteiger partial charge in [0.2, 0.25) is 0 Å². The predicted octanol–water partition coefficient (Wildman–Crippen LogP) is 1.94. The van der Waals surface area contributed by atoms with E-state index in [0.717, 1.165) is 31.9 Å². The molecule has 94 valence electrons. The van der Waals surface area contributed by atoms with Gasteiger partial charge in [-0.15, -0.1) is 0 Å². The lowest BCUT2D eigenvalue weighted by atomic mass is 10.2. The number of nitrogens with two attached hydrogens (primary N) is 1. The van der Waals surface area contributed by atoms with E-state index in [1.165, 1.54) is 12.1 Å². The van der Waals surface area contributed by atoms with Gasteiger partial charge in [0.25, 0.3) is 0 Å². The van der Waals surface area contributed by atoms with Crippen molar-refractivity contribution in [2.24, 2.45) is 0 Å². The van der Waals surface area contributed by atoms with Crippen LogP contribution in [0, 0.1) is 5.82 Å². The highest BCUT2D eigenvalue weighted by molar-refractivity contribution is 5.67. The van der Waals surface area contributed by atoms with Gasteiger partial charge >= 0.3 is 0 Å². The minimum atomic E-state index is -0.271. The zero-order valence-corrected chi connectivity index (χ0v) is 10.5. The van der Waals surface area contributed by atoms with Crippen molar-refractivity contribution in [1.82, 2.24) is 4.90 Å². The molecule has 2 N–H and O–H groups in total. The van der Waals surface area contributed by atoms with E-state index in [9.17, 15) is 4.39 Å². The number of halogens is 1. The molecule has 4 heteroatoms. The van der Waals surface area contributed by atoms with Crippen molar-refractivity contribution >= 4 is 11.4 Å². The predicted molar refractivity (Wildman–Crippen MR) is 69.7 cm³/mol. The highest BCUT2D eigenvalue weighted by atomic mass is 19.1. The number of rotatable bonds is 2. The molecule has 0 aliphatic carbocycles. The molecule has 3 nitrogen and oxygen atoms in total. The molecule has 1 aromatic carbocycles. The first-order valence-corrected chi connectivity index (χ1v) is 6.12. The quantitative estimate of drug-likeness (QED) is 0.798. The maximum Gasteiger partial charge on any atom is 0.125 e. The Hall–Kier alpha value is -1.29. The number of benzene rings is 1. The van der Waals surface area contributed by atoms with Gasteiger partial charge in [-0.1, -0.05) is 0 Å². The van der Waals surface area contributed by atoms with Crippen LogP contribution in [0.1, 0.15) is 13.8 Å². The topological polar surface area (TPSA) is 32.5 Å². The highest BCUT2D eigenvalue weighted by Crippen LogP contribution is 2.25. The van der Waals surface area contributed by atoms with E-state index in [1.54, 1.807) is 6.07 Å². The lowest BCUT2D eigenvalue weighted by Crippen LogP contribution is -2.49. The molecule has 0 spiro atoms. The number of piperazine rings is 1. The Labute approximate surface area is 102 Å². The number of nitrogen functional groups attached to an aromatic ring is 1. The molecule has 1 fully saturated rings. The standard InChI is InChI=1S/C13H20FN3/c1-10(2)16-5-7-17(8-6-16)13-4-3-11(14)9-12(13)15/h3-4,9-10H,5-8,15H2,1-2H3. The molecule has 0 amide bonds. The number of hydrogen-bond donors (Lipinski definition) is 1. The average Bonchev–Trinajstić information content (AvgIpc) is 2.29. The van der Waals surface area contributed by atoms with Crippen molar-refractivity contribution in [2.45, 2.75) is 19.9 Å². The second-order valence-corrected chi connectivity index (χ2v) is 4.82. The second kappa shape index (κ2) is 4.92. The Bertz CT molecular complexity index is 384. The van der Waals surface area contributed by atoms with Gasteiger partial charge in [-0.3, -0.25) is 4.90 Å². The third-order valence-corrected chi connectivity index (χ3v) is 3.37. The number of nitrogens with zero attached hydrogens (tertiary/aromatic N) is 2. The molecule has 0 atom stereocenters. The van der Waals surface area contributed by atoms with Gasteiger partial charge in [0.15, 0.2) is 0 Å². The molecule has 1 aliphatic rings. The minimum Gasteiger partial charge on any atom is -0.397 e. The Balaban J connectivity index is 2.05. The zero-order valence-electron chi connectivity index (χ0n) is 10.5. The molecule has 17 heavy (non-hydrogen) atoms. The van der Waals surface area contributed by atoms with Crippen LogP contribution in [-0.2, 0) is 0 Å². The zero-order chi connectivity index (χ0) is 12.4. The second-order valence-electron chi connectivity index (χ2n) is 4.82. The van der Waals surface area contributed by atoms with Crippen LogP contribution in [0.25, 0.3) is 0 Å². The van der Waals surface area contributed by atoms with Gasteiger partial charge in [-0.05, 0) is 32.0 Å². The molecule has 1 saturated heterocycles. The summed E-state index contributed by atoms with van der Waals surface area (Å²) in [6, 6.07) is 5.23. The van der Waals surface area contributed by atoms with Crippen LogP contribution < -0.4 is 10.6 Å². The van der Waals surface area contributed by atoms with E-state index in [-0.39, 0.29) is 5.82 Å². The SMILES string of the molecule is CC(C)N1CCN(c2ccc(F)cc2N)CC1. The summed E-state index contributed by atoms with van der Waals surface area (Å²) in [4.78, 5) is 4.67. The van der Waals surface area contributed by atoms with Gasteiger partial charge in [0, 0.05) is 32.2 Å². The average molecular weight is 237 g/mol. The van der Waals surface area contributed by atoms with Crippen LogP contribution in [0.4, 0.5) is 15.8 Å². The Morgan fingerprint density at radius 1 is 1.18 bits per heavy atom. The number of hydrogen-bond acceptors (Lipinski definition) is 3. The fourth-order valence-electron chi connectivity index (χ4n) is 2.29. The van der Waals surface area contributed by atoms with Crippen LogP contribution in [-0.4, -0.2) is 37.1 Å². The van der Waals surface area contributed by atoms with Crippen LogP contribution in [0.5, 0.6) is 0 Å². The van der Waals surface area contributed by atoms with E-state index < -0.39 is 0 Å². The third kappa shape index (κ3) is 2.69. The molecule has 0 bridgehead atoms. The molecule has 1 aliphatic heterocycles. The molecule has 0 unspecified atom stereocenters. The van der Waals surface area contributed by atoms with Gasteiger partial charge in [-0.25, -0.2) is 4.39 Å². The molecule has 0 aromatic heterocycles. The first kappa shape index (κ1) is 12.2. The van der Waals surface area contributed by atoms with Gasteiger partial charge in [0.05, 0.1) is 11.4 Å². The molecule has 0 saturated carbocycles. The summed E-state index contributed by atoms with van der Waals surface area (Å²) < 4.78 is 13.0. The van der Waals surface area contributed by atoms with E-state index in [2.05, 4.69) is 23.6 Å². The summed E-state index contributed by atoms with van der Waals surface area (Å²) in [6.45, 7) is 8.40. The van der Waals surface area contributed by atoms with Crippen LogP contribution in [0.15, 0.2) is 18.2 Å². The van der Waals surface area contributed by atoms with Crippen LogP contribution >= 0.6 is 0 Å². The van der Waals surface area contributed by atoms with Crippen molar-refractivity contribution < 1.29 is 4.39 Å². The third-order valence-electron chi connectivity index (χ3n) is 3.37. The normalized spacial score (nSPS) is 17.8. The van der Waals surface area contributed by atoms with Gasteiger partial charge in [0.1, 0.15) is 5.82 Å². The van der Waals surface area contributed by atoms with E-state index in [4.69, 9.17) is 5.73 Å². The van der Waals surface area contributed by atoms with Crippen LogP contribution in [0.2, 0.25) is 0 Å². The van der Waals surface area contributed by atoms with Crippen LogP contribution in [0.3, 0.4) is 0 Å². The Morgan fingerprint density at radius 3 is 2.35 bits per heavy atom. The summed E-state index contributed by atoms with van der Waals surface area (Å²) in [5.74, 6) is -0.271. The highest BCUT2D eigenvalue weighted by Gasteiger charge is 2.20. The Morgan fingerprint density at radius 2 is 1.82 bits per heavy atom. The van der Waals surface area contributed by atoms with Gasteiger partial charge < -0.3 is 10.6 Å². The lowest BCUT2D eigenvalue weighted by molar-refractivity contribution is 0.209. The lowest BCUT2D eigenvalue weighted by Gasteiger charge is -2.38. The van der Waals surface area contributed by atoms with Crippen molar-refractivity contribution in [3.05, 3.63) is 24.0 Å². The fraction of sp³-hybridized carbons (Fsp3) is 0.538. The number of anilines is 2. The maximum atomic E-state index is 13.0. The van der Waals surface area contributed by atoms with Crippen molar-refractivity contribution in [3.63, 3.8) is 0 Å². The maximum absolute atomic E-state index is 13.0. The summed E-state index contributed by atoms with van der Waals surface area (Å²) in [5, 5.41) is 0. The molecular formula is C13H20FN3. The summed E-state index contributed by atoms with van der Waals surface area (Å²) in [6.07, 6.45) is 0. The molecule has 2 rings (SSSR count). The monoisotopic (exact) mass is 237 g/mol. The Kier molecular flexibility index (Phi) is 3.52. The van der Waals surface area contributed by atoms with Crippen molar-refractivity contribution in [3.8, 4) is 0 Å². The first-order chi connectivity index (χ1) is 8.08. The summed E-state index contributed by atoms with van der Waals surface area (Å²) in [5.41, 5.74) is 7.34. The van der Waals surface area contributed by atoms with Crippen molar-refractivity contribution in [1.29, 1.82) is 0 Å². The van der Waals surface area contributed by atoms with Crippen molar-refractivity contribution in [2.75, 3.05) is 36.8 Å². The molecule has 1 heterocycles. The van der Waals surface area contributed by atoms with E-state index in [0.29, 0.717) is 11.7 Å². The van der Waals surface area contributed by atoms with E-state index >= 15 is 0 Å². The molecule has 0 radical (unpaired) electrons. The summed E-state index contributed by atoms with van der Waals surface area (Å²) >= 11 is 0. The molecular weight excluding hydrogens is 217 g/mol. The van der Waals surface area contributed by atoms with E-state index in [1.807, 2.05) is 0 Å². The first-order valence-electron chi connectivity index (χ1n) is 6.12. The summed E-state index contributed by atoms with van der Waals surface area (Å²) in [7, 11) is 0. The minimum absolute atomic E-state index is 0.271. The van der Waals surface area contributed by atoms with Gasteiger partial charge in [-0.2, -0.15) is 0 Å². The fourth-order valence-corrected chi connectivity index (χ4v) is 2.29. The largest absolute Gasteiger partial charge is 0.397 e.